The van der Waals surface area contributed by atoms with Crippen LogP contribution in [0.25, 0.3) is 0 Å². The second-order valence-corrected chi connectivity index (χ2v) is 8.31. The van der Waals surface area contributed by atoms with Crippen LogP contribution in [0.4, 0.5) is 0 Å². The molecular formula is C14H27N3O4S. The Kier molecular flexibility index (Phi) is 7.28. The van der Waals surface area contributed by atoms with E-state index in [1.807, 2.05) is 19.0 Å². The number of amides is 2. The molecule has 1 unspecified atom stereocenters. The summed E-state index contributed by atoms with van der Waals surface area (Å²) in [5, 5.41) is 2.74. The highest BCUT2D eigenvalue weighted by molar-refractivity contribution is 7.91. The number of sulfone groups is 1. The van der Waals surface area contributed by atoms with E-state index in [1.165, 1.54) is 6.92 Å². The van der Waals surface area contributed by atoms with Crippen LogP contribution in [0.5, 0.6) is 0 Å². The van der Waals surface area contributed by atoms with Crippen molar-refractivity contribution in [2.45, 2.75) is 32.2 Å². The third kappa shape index (κ3) is 7.22. The highest BCUT2D eigenvalue weighted by Crippen LogP contribution is 2.11. The zero-order valence-electron chi connectivity index (χ0n) is 13.7. The van der Waals surface area contributed by atoms with Crippen LogP contribution in [0, 0.1) is 0 Å². The summed E-state index contributed by atoms with van der Waals surface area (Å²) in [7, 11) is 0.957. The monoisotopic (exact) mass is 333 g/mol. The summed E-state index contributed by atoms with van der Waals surface area (Å²) < 4.78 is 22.7. The minimum Gasteiger partial charge on any atom is -0.352 e. The van der Waals surface area contributed by atoms with Crippen LogP contribution in [0.1, 0.15) is 26.2 Å². The van der Waals surface area contributed by atoms with Gasteiger partial charge in [-0.2, -0.15) is 0 Å². The standard InChI is InChI=1S/C14H27N3O4S/c1-12(18)17(8-4-7-16(2)3)9-5-14(19)15-13-6-10-22(20,21)11-13/h13H,4-11H2,1-3H3,(H,15,19). The minimum absolute atomic E-state index is 0.0258. The molecule has 0 aliphatic carbocycles. The fourth-order valence-electron chi connectivity index (χ4n) is 2.45. The van der Waals surface area contributed by atoms with Gasteiger partial charge < -0.3 is 15.1 Å². The van der Waals surface area contributed by atoms with Gasteiger partial charge in [0.1, 0.15) is 0 Å². The van der Waals surface area contributed by atoms with Gasteiger partial charge in [0.2, 0.25) is 11.8 Å². The van der Waals surface area contributed by atoms with E-state index in [-0.39, 0.29) is 35.8 Å². The largest absolute Gasteiger partial charge is 0.352 e. The fraction of sp³-hybridized carbons (Fsp3) is 0.857. The van der Waals surface area contributed by atoms with Gasteiger partial charge in [-0.1, -0.05) is 0 Å². The predicted octanol–water partition coefficient (Wildman–Crippen LogP) is -0.520. The van der Waals surface area contributed by atoms with Gasteiger partial charge in [0.15, 0.2) is 9.84 Å². The van der Waals surface area contributed by atoms with Gasteiger partial charge in [-0.05, 0) is 33.5 Å². The first kappa shape index (κ1) is 18.9. The molecule has 1 fully saturated rings. The van der Waals surface area contributed by atoms with E-state index >= 15 is 0 Å². The SMILES string of the molecule is CC(=O)N(CCCN(C)C)CCC(=O)NC1CCS(=O)(=O)C1. The van der Waals surface area contributed by atoms with E-state index in [4.69, 9.17) is 0 Å². The molecule has 0 radical (unpaired) electrons. The number of hydrogen-bond acceptors (Lipinski definition) is 5. The maximum absolute atomic E-state index is 11.9. The molecule has 8 heteroatoms. The lowest BCUT2D eigenvalue weighted by molar-refractivity contribution is -0.129. The predicted molar refractivity (Wildman–Crippen MR) is 85.2 cm³/mol. The Labute approximate surface area is 132 Å². The second-order valence-electron chi connectivity index (χ2n) is 6.08. The summed E-state index contributed by atoms with van der Waals surface area (Å²) >= 11 is 0. The van der Waals surface area contributed by atoms with Gasteiger partial charge in [-0.25, -0.2) is 8.42 Å². The van der Waals surface area contributed by atoms with Crippen molar-refractivity contribution in [2.75, 3.05) is 45.2 Å². The molecule has 0 spiro atoms. The molecule has 0 aromatic heterocycles. The normalized spacial score (nSPS) is 20.1. The molecule has 1 rings (SSSR count). The Balaban J connectivity index is 2.32. The van der Waals surface area contributed by atoms with E-state index in [9.17, 15) is 18.0 Å². The Hall–Kier alpha value is -1.15. The van der Waals surface area contributed by atoms with Crippen LogP contribution in [0.3, 0.4) is 0 Å². The van der Waals surface area contributed by atoms with Gasteiger partial charge >= 0.3 is 0 Å². The van der Waals surface area contributed by atoms with Gasteiger partial charge in [-0.3, -0.25) is 9.59 Å². The summed E-state index contributed by atoms with van der Waals surface area (Å²) in [6, 6.07) is -0.281. The maximum atomic E-state index is 11.9. The van der Waals surface area contributed by atoms with Crippen LogP contribution < -0.4 is 5.32 Å². The van der Waals surface area contributed by atoms with Gasteiger partial charge in [0.05, 0.1) is 11.5 Å². The Morgan fingerprint density at radius 1 is 1.18 bits per heavy atom. The molecule has 2 amide bonds. The zero-order valence-corrected chi connectivity index (χ0v) is 14.5. The van der Waals surface area contributed by atoms with Crippen molar-refractivity contribution in [1.29, 1.82) is 0 Å². The van der Waals surface area contributed by atoms with Crippen molar-refractivity contribution >= 4 is 21.7 Å². The molecule has 0 saturated carbocycles. The molecule has 1 saturated heterocycles. The zero-order chi connectivity index (χ0) is 16.8. The first-order chi connectivity index (χ1) is 10.2. The van der Waals surface area contributed by atoms with Crippen LogP contribution in [0.15, 0.2) is 0 Å². The topological polar surface area (TPSA) is 86.8 Å². The lowest BCUT2D eigenvalue weighted by Gasteiger charge is -2.22. The molecule has 0 aromatic carbocycles. The number of nitrogens with one attached hydrogen (secondary N) is 1. The Morgan fingerprint density at radius 3 is 2.36 bits per heavy atom. The molecule has 1 heterocycles. The first-order valence-corrected chi connectivity index (χ1v) is 9.42. The fourth-order valence-corrected chi connectivity index (χ4v) is 4.12. The molecule has 128 valence electrons. The van der Waals surface area contributed by atoms with E-state index in [0.29, 0.717) is 19.5 Å². The summed E-state index contributed by atoms with van der Waals surface area (Å²) in [6.45, 7) is 3.37. The highest BCUT2D eigenvalue weighted by Gasteiger charge is 2.28. The lowest BCUT2D eigenvalue weighted by Crippen LogP contribution is -2.39. The number of carbonyl (C=O) groups is 2. The molecule has 1 aliphatic rings. The van der Waals surface area contributed by atoms with Crippen molar-refractivity contribution < 1.29 is 18.0 Å². The van der Waals surface area contributed by atoms with Crippen molar-refractivity contribution in [3.63, 3.8) is 0 Å². The molecule has 1 aliphatic heterocycles. The summed E-state index contributed by atoms with van der Waals surface area (Å²) in [6.07, 6.45) is 1.54. The number of carbonyl (C=O) groups excluding carboxylic acids is 2. The van der Waals surface area contributed by atoms with Crippen LogP contribution in [-0.2, 0) is 19.4 Å². The van der Waals surface area contributed by atoms with Gasteiger partial charge in [0, 0.05) is 32.5 Å². The molecule has 22 heavy (non-hydrogen) atoms. The van der Waals surface area contributed by atoms with E-state index in [1.54, 1.807) is 4.90 Å². The van der Waals surface area contributed by atoms with Crippen molar-refractivity contribution in [3.8, 4) is 0 Å². The minimum atomic E-state index is -2.99. The van der Waals surface area contributed by atoms with Crippen LogP contribution in [0.2, 0.25) is 0 Å². The second kappa shape index (κ2) is 8.47. The van der Waals surface area contributed by atoms with Crippen molar-refractivity contribution in [1.82, 2.24) is 15.1 Å². The van der Waals surface area contributed by atoms with Crippen LogP contribution in [-0.4, -0.2) is 81.3 Å². The summed E-state index contributed by atoms with van der Waals surface area (Å²) in [5.41, 5.74) is 0. The molecule has 0 aromatic rings. The number of hydrogen-bond donors (Lipinski definition) is 1. The lowest BCUT2D eigenvalue weighted by atomic mass is 10.2. The van der Waals surface area contributed by atoms with Gasteiger partial charge in [0.25, 0.3) is 0 Å². The van der Waals surface area contributed by atoms with E-state index in [2.05, 4.69) is 5.32 Å². The number of rotatable bonds is 8. The highest BCUT2D eigenvalue weighted by atomic mass is 32.2. The third-order valence-electron chi connectivity index (χ3n) is 3.69. The van der Waals surface area contributed by atoms with Gasteiger partial charge in [-0.15, -0.1) is 0 Å². The number of nitrogens with zero attached hydrogens (tertiary/aromatic N) is 2. The van der Waals surface area contributed by atoms with E-state index < -0.39 is 9.84 Å². The molecule has 1 N–H and O–H groups in total. The van der Waals surface area contributed by atoms with E-state index in [0.717, 1.165) is 13.0 Å². The average molecular weight is 333 g/mol. The first-order valence-electron chi connectivity index (χ1n) is 7.59. The van der Waals surface area contributed by atoms with Crippen molar-refractivity contribution in [2.24, 2.45) is 0 Å². The Morgan fingerprint density at radius 2 is 1.86 bits per heavy atom. The Bertz CT molecular complexity index is 490. The van der Waals surface area contributed by atoms with Crippen LogP contribution >= 0.6 is 0 Å². The molecule has 0 bridgehead atoms. The summed E-state index contributed by atoms with van der Waals surface area (Å²) in [5.74, 6) is -0.0731. The smallest absolute Gasteiger partial charge is 0.222 e. The summed E-state index contributed by atoms with van der Waals surface area (Å²) in [4.78, 5) is 27.1. The molecule has 1 atom stereocenters. The maximum Gasteiger partial charge on any atom is 0.222 e. The van der Waals surface area contributed by atoms with Crippen molar-refractivity contribution in [3.05, 3.63) is 0 Å². The molecular weight excluding hydrogens is 306 g/mol. The average Bonchev–Trinajstić information content (AvgIpc) is 2.71. The quantitative estimate of drug-likeness (QED) is 0.646. The molecule has 7 nitrogen and oxygen atoms in total. The third-order valence-corrected chi connectivity index (χ3v) is 5.45.